The first-order valence-electron chi connectivity index (χ1n) is 9.46. The minimum absolute atomic E-state index is 0.0332. The monoisotopic (exact) mass is 416 g/mol. The Hall–Kier alpha value is -3.36. The second-order valence-corrected chi connectivity index (χ2v) is 7.39. The molecule has 1 aromatic carbocycles. The third-order valence-electron chi connectivity index (χ3n) is 4.96. The van der Waals surface area contributed by atoms with Crippen molar-refractivity contribution < 1.29 is 22.8 Å². The van der Waals surface area contributed by atoms with Crippen molar-refractivity contribution in [1.82, 2.24) is 15.3 Å². The molecular formula is C21H19F3N4O2. The van der Waals surface area contributed by atoms with Crippen LogP contribution in [0.3, 0.4) is 0 Å². The lowest BCUT2D eigenvalue weighted by atomic mass is 9.96. The predicted molar refractivity (Wildman–Crippen MR) is 106 cm³/mol. The number of carbonyl (C=O) groups is 2. The van der Waals surface area contributed by atoms with Crippen molar-refractivity contribution in [1.29, 1.82) is 0 Å². The molecule has 6 nitrogen and oxygen atoms in total. The number of aryl methyl sites for hydroxylation is 1. The van der Waals surface area contributed by atoms with Crippen LogP contribution in [0, 0.1) is 12.8 Å². The van der Waals surface area contributed by atoms with Gasteiger partial charge in [0.2, 0.25) is 5.91 Å². The second-order valence-electron chi connectivity index (χ2n) is 7.39. The maximum atomic E-state index is 12.3. The van der Waals surface area contributed by atoms with Crippen molar-refractivity contribution in [2.45, 2.75) is 25.9 Å². The molecule has 30 heavy (non-hydrogen) atoms. The number of nitrogens with zero attached hydrogens (tertiary/aromatic N) is 1. The number of carbonyl (C=O) groups excluding carboxylic acids is 2. The topological polar surface area (TPSA) is 86.9 Å². The Kier molecular flexibility index (Phi) is 4.97. The summed E-state index contributed by atoms with van der Waals surface area (Å²) in [7, 11) is 0. The van der Waals surface area contributed by atoms with Gasteiger partial charge in [0.25, 0.3) is 5.91 Å². The normalized spacial score (nSPS) is 14.0. The molecule has 1 saturated carbocycles. The lowest BCUT2D eigenvalue weighted by Crippen LogP contribution is -2.33. The molecule has 0 saturated heterocycles. The molecule has 3 N–H and O–H groups in total. The quantitative estimate of drug-likeness (QED) is 0.583. The van der Waals surface area contributed by atoms with E-state index in [9.17, 15) is 22.8 Å². The van der Waals surface area contributed by atoms with Crippen molar-refractivity contribution in [3.8, 4) is 11.1 Å². The van der Waals surface area contributed by atoms with E-state index in [-0.39, 0.29) is 17.4 Å². The molecule has 2 amide bonds. The first-order valence-corrected chi connectivity index (χ1v) is 9.46. The minimum Gasteiger partial charge on any atom is -0.346 e. The summed E-state index contributed by atoms with van der Waals surface area (Å²) in [6.45, 7) is 0.391. The summed E-state index contributed by atoms with van der Waals surface area (Å²) in [4.78, 5) is 31.6. The van der Waals surface area contributed by atoms with E-state index in [1.165, 1.54) is 6.07 Å². The maximum Gasteiger partial charge on any atom is 0.405 e. The van der Waals surface area contributed by atoms with Crippen LogP contribution < -0.4 is 10.6 Å². The number of aromatic nitrogens is 2. The molecule has 156 valence electrons. The summed E-state index contributed by atoms with van der Waals surface area (Å²) < 4.78 is 37.0. The van der Waals surface area contributed by atoms with Crippen LogP contribution in [0.25, 0.3) is 22.2 Å². The number of hydrogen-bond acceptors (Lipinski definition) is 3. The zero-order valence-corrected chi connectivity index (χ0v) is 16.1. The zero-order valence-electron chi connectivity index (χ0n) is 16.1. The van der Waals surface area contributed by atoms with E-state index >= 15 is 0 Å². The molecule has 0 unspecified atom stereocenters. The zero-order chi connectivity index (χ0) is 21.5. The molecule has 0 radical (unpaired) electrons. The largest absolute Gasteiger partial charge is 0.405 e. The Morgan fingerprint density at radius 3 is 2.60 bits per heavy atom. The molecule has 2 heterocycles. The van der Waals surface area contributed by atoms with Gasteiger partial charge in [0.15, 0.2) is 0 Å². The van der Waals surface area contributed by atoms with Gasteiger partial charge >= 0.3 is 6.18 Å². The van der Waals surface area contributed by atoms with E-state index in [4.69, 9.17) is 0 Å². The molecule has 0 aliphatic heterocycles. The van der Waals surface area contributed by atoms with Crippen molar-refractivity contribution >= 4 is 28.7 Å². The van der Waals surface area contributed by atoms with Gasteiger partial charge in [-0.25, -0.2) is 4.98 Å². The second kappa shape index (κ2) is 7.47. The van der Waals surface area contributed by atoms with E-state index in [0.717, 1.165) is 29.4 Å². The highest BCUT2D eigenvalue weighted by molar-refractivity contribution is 6.00. The smallest absolute Gasteiger partial charge is 0.346 e. The molecule has 4 rings (SSSR count). The first-order chi connectivity index (χ1) is 14.2. The first kappa shape index (κ1) is 19.9. The van der Waals surface area contributed by atoms with E-state index in [1.807, 2.05) is 11.4 Å². The van der Waals surface area contributed by atoms with Crippen LogP contribution in [0.1, 0.15) is 28.8 Å². The van der Waals surface area contributed by atoms with Gasteiger partial charge in [0, 0.05) is 23.1 Å². The molecule has 0 atom stereocenters. The van der Waals surface area contributed by atoms with Gasteiger partial charge in [-0.2, -0.15) is 13.2 Å². The number of aromatic amines is 1. The highest BCUT2D eigenvalue weighted by Gasteiger charge is 2.30. The molecule has 3 aromatic rings. The van der Waals surface area contributed by atoms with Gasteiger partial charge in [-0.05, 0) is 60.7 Å². The number of H-pyrrole nitrogens is 1. The van der Waals surface area contributed by atoms with E-state index in [2.05, 4.69) is 15.3 Å². The Morgan fingerprint density at radius 1 is 1.17 bits per heavy atom. The number of nitrogens with one attached hydrogen (secondary N) is 3. The molecule has 0 spiro atoms. The number of fused-ring (bicyclic) bond motifs is 1. The van der Waals surface area contributed by atoms with E-state index < -0.39 is 18.6 Å². The highest BCUT2D eigenvalue weighted by Crippen LogP contribution is 2.34. The number of pyridine rings is 1. The van der Waals surface area contributed by atoms with Crippen LogP contribution in [0.2, 0.25) is 0 Å². The molecule has 9 heteroatoms. The Bertz CT molecular complexity index is 1130. The van der Waals surface area contributed by atoms with Crippen molar-refractivity contribution in [3.05, 3.63) is 47.7 Å². The molecule has 2 aromatic heterocycles. The summed E-state index contributed by atoms with van der Waals surface area (Å²) in [6, 6.07) is 8.33. The van der Waals surface area contributed by atoms with Crippen LogP contribution in [0.4, 0.5) is 19.0 Å². The maximum absolute atomic E-state index is 12.3. The van der Waals surface area contributed by atoms with Gasteiger partial charge in [0.1, 0.15) is 18.0 Å². The van der Waals surface area contributed by atoms with Crippen LogP contribution in [-0.2, 0) is 4.79 Å². The third-order valence-corrected chi connectivity index (χ3v) is 4.96. The molecule has 1 fully saturated rings. The molecule has 1 aliphatic carbocycles. The van der Waals surface area contributed by atoms with Gasteiger partial charge in [-0.15, -0.1) is 0 Å². The van der Waals surface area contributed by atoms with Gasteiger partial charge in [-0.3, -0.25) is 9.59 Å². The number of hydrogen-bond donors (Lipinski definition) is 3. The fourth-order valence-corrected chi connectivity index (χ4v) is 3.29. The lowest BCUT2D eigenvalue weighted by molar-refractivity contribution is -0.123. The van der Waals surface area contributed by atoms with Crippen LogP contribution >= 0.6 is 0 Å². The number of rotatable bonds is 5. The van der Waals surface area contributed by atoms with Crippen LogP contribution in [0.15, 0.2) is 36.5 Å². The third kappa shape index (κ3) is 4.29. The summed E-state index contributed by atoms with van der Waals surface area (Å²) >= 11 is 0. The summed E-state index contributed by atoms with van der Waals surface area (Å²) in [5, 5.41) is 5.54. The SMILES string of the molecule is Cc1cc(C(=O)NCC(F)(F)F)ccc1-c1cc(NC(=O)C2CC2)nc2[nH]ccc12. The Morgan fingerprint density at radius 2 is 1.93 bits per heavy atom. The van der Waals surface area contributed by atoms with Gasteiger partial charge in [0.05, 0.1) is 0 Å². The summed E-state index contributed by atoms with van der Waals surface area (Å²) in [6.07, 6.45) is -0.981. The van der Waals surface area contributed by atoms with Crippen molar-refractivity contribution in [3.63, 3.8) is 0 Å². The molecular weight excluding hydrogens is 397 g/mol. The Labute approximate surface area is 169 Å². The summed E-state index contributed by atoms with van der Waals surface area (Å²) in [5.74, 6) is -0.400. The molecule has 1 aliphatic rings. The van der Waals surface area contributed by atoms with Gasteiger partial charge in [-0.1, -0.05) is 6.07 Å². The fraction of sp³-hybridized carbons (Fsp3) is 0.286. The number of amides is 2. The average Bonchev–Trinajstić information content (AvgIpc) is 3.43. The van der Waals surface area contributed by atoms with Crippen molar-refractivity contribution in [2.24, 2.45) is 5.92 Å². The van der Waals surface area contributed by atoms with Crippen LogP contribution in [0.5, 0.6) is 0 Å². The predicted octanol–water partition coefficient (Wildman–Crippen LogP) is 4.18. The number of halogens is 3. The van der Waals surface area contributed by atoms with E-state index in [0.29, 0.717) is 17.0 Å². The van der Waals surface area contributed by atoms with Gasteiger partial charge < -0.3 is 15.6 Å². The number of benzene rings is 1. The standard InChI is InChI=1S/C21H19F3N4O2/c1-11-8-13(19(29)26-10-21(22,23)24)4-5-14(11)16-9-17(28-20(30)12-2-3-12)27-18-15(16)6-7-25-18/h4-9,12H,2-3,10H2,1H3,(H,26,29)(H2,25,27,28,30). The summed E-state index contributed by atoms with van der Waals surface area (Å²) in [5.41, 5.74) is 3.04. The van der Waals surface area contributed by atoms with Crippen LogP contribution in [-0.4, -0.2) is 34.5 Å². The van der Waals surface area contributed by atoms with E-state index in [1.54, 1.807) is 31.3 Å². The lowest BCUT2D eigenvalue weighted by Gasteiger charge is -2.13. The fourth-order valence-electron chi connectivity index (χ4n) is 3.29. The number of anilines is 1. The minimum atomic E-state index is -4.47. The average molecular weight is 416 g/mol. The van der Waals surface area contributed by atoms with Crippen molar-refractivity contribution in [2.75, 3.05) is 11.9 Å². The Balaban J connectivity index is 1.65. The molecule has 0 bridgehead atoms. The number of alkyl halides is 3. The highest BCUT2D eigenvalue weighted by atomic mass is 19.4.